The molecular weight excluding hydrogens is 452 g/mol. The molecule has 9 nitrogen and oxygen atoms in total. The lowest BCUT2D eigenvalue weighted by Crippen LogP contribution is -2.57. The van der Waals surface area contributed by atoms with Crippen LogP contribution in [0.3, 0.4) is 0 Å². The third-order valence-corrected chi connectivity index (χ3v) is 6.86. The number of aromatic nitrogens is 4. The van der Waals surface area contributed by atoms with Crippen LogP contribution in [-0.4, -0.2) is 63.5 Å². The van der Waals surface area contributed by atoms with Gasteiger partial charge in [0.2, 0.25) is 11.9 Å². The number of carbonyl (C=O) groups is 1. The molecule has 1 amide bonds. The van der Waals surface area contributed by atoms with Gasteiger partial charge in [0.15, 0.2) is 5.82 Å². The van der Waals surface area contributed by atoms with Crippen molar-refractivity contribution in [1.29, 1.82) is 0 Å². The Morgan fingerprint density at radius 1 is 1.09 bits per heavy atom. The van der Waals surface area contributed by atoms with Crippen molar-refractivity contribution in [3.05, 3.63) is 47.5 Å². The first kappa shape index (κ1) is 22.9. The highest BCUT2D eigenvalue weighted by atomic mass is 35.5. The first-order chi connectivity index (χ1) is 16.2. The lowest BCUT2D eigenvalue weighted by atomic mass is 9.95. The molecule has 2 N–H and O–H groups in total. The van der Waals surface area contributed by atoms with E-state index >= 15 is 0 Å². The topological polar surface area (TPSA) is 90.7 Å². The molecule has 0 spiro atoms. The van der Waals surface area contributed by atoms with Crippen LogP contribution in [0.5, 0.6) is 0 Å². The maximum absolute atomic E-state index is 13.1. The van der Waals surface area contributed by atoms with E-state index in [0.29, 0.717) is 42.0 Å². The number of rotatable bonds is 5. The largest absolute Gasteiger partial charge is 0.353 e. The fraction of sp³-hybridized carbons (Fsp3) is 0.500. The van der Waals surface area contributed by atoms with Gasteiger partial charge in [0, 0.05) is 44.5 Å². The molecule has 0 bridgehead atoms. The number of piperazine rings is 1. The first-order valence-electron chi connectivity index (χ1n) is 11.7. The van der Waals surface area contributed by atoms with Crippen molar-refractivity contribution in [2.45, 2.75) is 45.3 Å². The van der Waals surface area contributed by atoms with Crippen LogP contribution in [0.25, 0.3) is 5.65 Å². The molecule has 3 aromatic heterocycles. The second-order valence-electron chi connectivity index (χ2n) is 10.0. The molecule has 1 unspecified atom stereocenters. The highest BCUT2D eigenvalue weighted by Gasteiger charge is 2.38. The van der Waals surface area contributed by atoms with Crippen LogP contribution < -0.4 is 20.4 Å². The van der Waals surface area contributed by atoms with Crippen LogP contribution in [0.15, 0.2) is 36.8 Å². The number of hydrogen-bond donors (Lipinski definition) is 2. The Bertz CT molecular complexity index is 1190. The molecule has 2 aliphatic rings. The van der Waals surface area contributed by atoms with Gasteiger partial charge in [-0.3, -0.25) is 4.79 Å². The van der Waals surface area contributed by atoms with Crippen LogP contribution in [0, 0.1) is 5.92 Å². The van der Waals surface area contributed by atoms with Crippen molar-refractivity contribution >= 4 is 34.9 Å². The minimum Gasteiger partial charge on any atom is -0.353 e. The first-order valence-corrected chi connectivity index (χ1v) is 12.1. The van der Waals surface area contributed by atoms with E-state index in [1.54, 1.807) is 6.20 Å². The molecule has 0 aliphatic carbocycles. The molecular formula is C24H31ClN8O. The average Bonchev–Trinajstić information content (AvgIpc) is 3.18. The lowest BCUT2D eigenvalue weighted by Gasteiger charge is -2.41. The fourth-order valence-corrected chi connectivity index (χ4v) is 5.11. The Labute approximate surface area is 204 Å². The van der Waals surface area contributed by atoms with E-state index in [4.69, 9.17) is 16.6 Å². The Morgan fingerprint density at radius 2 is 1.82 bits per heavy atom. The maximum atomic E-state index is 13.1. The number of fused-ring (bicyclic) bond motifs is 1. The third-order valence-electron chi connectivity index (χ3n) is 6.60. The molecule has 2 saturated heterocycles. The number of nitrogens with zero attached hydrogens (tertiary/aromatic N) is 6. The number of nitrogens with one attached hydrogen (secondary N) is 2. The average molecular weight is 483 g/mol. The maximum Gasteiger partial charge on any atom is 0.227 e. The second kappa shape index (κ2) is 8.70. The van der Waals surface area contributed by atoms with Crippen molar-refractivity contribution in [2.24, 2.45) is 5.92 Å². The van der Waals surface area contributed by atoms with Crippen LogP contribution in [-0.2, 0) is 10.3 Å². The number of imidazole rings is 1. The molecule has 5 rings (SSSR count). The van der Waals surface area contributed by atoms with Gasteiger partial charge in [-0.25, -0.2) is 9.97 Å². The standard InChI is InChI=1S/C24H31ClN8O/c1-15-11-32(12-16(2)28-15)23-27-9-18(25)21(29-23)31-13-17(14-31)22(34)30-24(3,4)19-10-26-20-7-5-6-8-33(19)20/h5-10,15-17,28H,11-14H2,1-4H3,(H,30,34)/t15-,16?/m1/s1. The van der Waals surface area contributed by atoms with Gasteiger partial charge in [-0.1, -0.05) is 17.7 Å². The van der Waals surface area contributed by atoms with Gasteiger partial charge in [0.05, 0.1) is 29.5 Å². The van der Waals surface area contributed by atoms with Crippen molar-refractivity contribution < 1.29 is 4.79 Å². The number of halogens is 1. The SMILES string of the molecule is CC1CN(c2ncc(Cl)c(N3CC(C(=O)NC(C)(C)c4cnc5ccccn45)C3)n2)C[C@@H](C)N1. The minimum absolute atomic E-state index is 0.0160. The van der Waals surface area contributed by atoms with Gasteiger partial charge >= 0.3 is 0 Å². The van der Waals surface area contributed by atoms with E-state index in [0.717, 1.165) is 24.4 Å². The Hall–Kier alpha value is -2.91. The van der Waals surface area contributed by atoms with E-state index < -0.39 is 5.54 Å². The molecule has 0 aromatic carbocycles. The van der Waals surface area contributed by atoms with Crippen LogP contribution in [0.4, 0.5) is 11.8 Å². The summed E-state index contributed by atoms with van der Waals surface area (Å²) < 4.78 is 2.01. The lowest BCUT2D eigenvalue weighted by molar-refractivity contribution is -0.127. The molecule has 34 heavy (non-hydrogen) atoms. The highest BCUT2D eigenvalue weighted by Crippen LogP contribution is 2.32. The zero-order valence-corrected chi connectivity index (χ0v) is 20.8. The molecule has 2 atom stereocenters. The van der Waals surface area contributed by atoms with Gasteiger partial charge in [0.25, 0.3) is 0 Å². The molecule has 3 aromatic rings. The quantitative estimate of drug-likeness (QED) is 0.577. The molecule has 2 fully saturated rings. The summed E-state index contributed by atoms with van der Waals surface area (Å²) >= 11 is 6.45. The number of pyridine rings is 1. The highest BCUT2D eigenvalue weighted by molar-refractivity contribution is 6.32. The van der Waals surface area contributed by atoms with Gasteiger partial charge < -0.3 is 24.8 Å². The second-order valence-corrected chi connectivity index (χ2v) is 10.4. The molecule has 180 valence electrons. The van der Waals surface area contributed by atoms with Crippen molar-refractivity contribution in [2.75, 3.05) is 36.0 Å². The third kappa shape index (κ3) is 4.30. The van der Waals surface area contributed by atoms with Gasteiger partial charge in [-0.15, -0.1) is 0 Å². The van der Waals surface area contributed by atoms with Crippen molar-refractivity contribution in [3.63, 3.8) is 0 Å². The van der Waals surface area contributed by atoms with E-state index in [9.17, 15) is 4.79 Å². The van der Waals surface area contributed by atoms with Gasteiger partial charge in [0.1, 0.15) is 10.7 Å². The molecule has 0 saturated carbocycles. The van der Waals surface area contributed by atoms with Gasteiger partial charge in [-0.2, -0.15) is 4.98 Å². The molecule has 10 heteroatoms. The zero-order chi connectivity index (χ0) is 24.0. The monoisotopic (exact) mass is 482 g/mol. The van der Waals surface area contributed by atoms with Crippen LogP contribution in [0.1, 0.15) is 33.4 Å². The smallest absolute Gasteiger partial charge is 0.227 e. The predicted octanol–water partition coefficient (Wildman–Crippen LogP) is 2.45. The summed E-state index contributed by atoms with van der Waals surface area (Å²) in [6, 6.07) is 6.58. The summed E-state index contributed by atoms with van der Waals surface area (Å²) in [5.41, 5.74) is 1.24. The number of amides is 1. The summed E-state index contributed by atoms with van der Waals surface area (Å²) in [4.78, 5) is 31.0. The van der Waals surface area contributed by atoms with E-state index in [1.807, 2.05) is 53.7 Å². The Morgan fingerprint density at radius 3 is 2.56 bits per heavy atom. The van der Waals surface area contributed by atoms with Crippen LogP contribution in [0.2, 0.25) is 5.02 Å². The summed E-state index contributed by atoms with van der Waals surface area (Å²) in [7, 11) is 0. The van der Waals surface area contributed by atoms with Crippen LogP contribution >= 0.6 is 11.6 Å². The minimum atomic E-state index is -0.562. The molecule has 2 aliphatic heterocycles. The van der Waals surface area contributed by atoms with E-state index in [2.05, 4.69) is 39.3 Å². The summed E-state index contributed by atoms with van der Waals surface area (Å²) in [6.07, 6.45) is 5.45. The van der Waals surface area contributed by atoms with E-state index in [1.165, 1.54) is 0 Å². The number of carbonyl (C=O) groups excluding carboxylic acids is 1. The Kier molecular flexibility index (Phi) is 5.85. The predicted molar refractivity (Wildman–Crippen MR) is 133 cm³/mol. The van der Waals surface area contributed by atoms with Crippen molar-refractivity contribution in [1.82, 2.24) is 30.0 Å². The Balaban J connectivity index is 1.25. The molecule has 5 heterocycles. The zero-order valence-electron chi connectivity index (χ0n) is 20.0. The normalized spacial score (nSPS) is 21.6. The number of anilines is 2. The summed E-state index contributed by atoms with van der Waals surface area (Å²) in [6.45, 7) is 11.1. The summed E-state index contributed by atoms with van der Waals surface area (Å²) in [5.74, 6) is 1.26. The number of hydrogen-bond acceptors (Lipinski definition) is 7. The van der Waals surface area contributed by atoms with E-state index in [-0.39, 0.29) is 11.8 Å². The van der Waals surface area contributed by atoms with Crippen molar-refractivity contribution in [3.8, 4) is 0 Å². The van der Waals surface area contributed by atoms with Gasteiger partial charge in [-0.05, 0) is 39.8 Å². The fourth-order valence-electron chi connectivity index (χ4n) is 4.90. The summed E-state index contributed by atoms with van der Waals surface area (Å²) in [5, 5.41) is 7.23. The molecule has 0 radical (unpaired) electrons.